The third-order valence-corrected chi connectivity index (χ3v) is 5.03. The third-order valence-electron chi connectivity index (χ3n) is 5.03. The van der Waals surface area contributed by atoms with Gasteiger partial charge in [-0.25, -0.2) is 0 Å². The van der Waals surface area contributed by atoms with E-state index in [2.05, 4.69) is 20.9 Å². The number of hydrogen-bond donors (Lipinski definition) is 1. The lowest BCUT2D eigenvalue weighted by atomic mass is 10.1. The molecular formula is C19H24N4O4. The number of aromatic nitrogens is 1. The monoisotopic (exact) mass is 372 g/mol. The van der Waals surface area contributed by atoms with Crippen molar-refractivity contribution in [2.24, 2.45) is 7.05 Å². The van der Waals surface area contributed by atoms with Gasteiger partial charge in [0, 0.05) is 36.8 Å². The topological polar surface area (TPSA) is 89.6 Å². The molecule has 8 nitrogen and oxygen atoms in total. The Kier molecular flexibility index (Phi) is 5.46. The van der Waals surface area contributed by atoms with E-state index < -0.39 is 4.92 Å². The number of hydrogen-bond acceptors (Lipinski definition) is 5. The standard InChI is InChI=1S/C19H24N4O4/c1-13-10-17(23(25)26)18(27-3)11-14(13)20-19(24)12-22-9-5-7-16(22)15-6-4-8-21(15)2/h4,6,8,10-11,16H,5,7,9,12H2,1-3H3,(H,20,24)/t16-/m0/s1. The van der Waals surface area contributed by atoms with Gasteiger partial charge >= 0.3 is 5.69 Å². The Morgan fingerprint density at radius 1 is 1.44 bits per heavy atom. The van der Waals surface area contributed by atoms with Gasteiger partial charge in [0.1, 0.15) is 0 Å². The van der Waals surface area contributed by atoms with Crippen molar-refractivity contribution in [3.63, 3.8) is 0 Å². The molecular weight excluding hydrogens is 348 g/mol. The van der Waals surface area contributed by atoms with Gasteiger partial charge in [-0.05, 0) is 44.0 Å². The molecule has 27 heavy (non-hydrogen) atoms. The Labute approximate surface area is 157 Å². The van der Waals surface area contributed by atoms with E-state index in [1.165, 1.54) is 24.9 Å². The molecule has 1 amide bonds. The Balaban J connectivity index is 1.72. The molecule has 1 aromatic carbocycles. The average Bonchev–Trinajstić information content (AvgIpc) is 3.24. The van der Waals surface area contributed by atoms with Crippen molar-refractivity contribution in [1.29, 1.82) is 0 Å². The quantitative estimate of drug-likeness (QED) is 0.622. The fourth-order valence-corrected chi connectivity index (χ4v) is 3.66. The summed E-state index contributed by atoms with van der Waals surface area (Å²) in [6, 6.07) is 7.24. The number of benzene rings is 1. The fraction of sp³-hybridized carbons (Fsp3) is 0.421. The van der Waals surface area contributed by atoms with Crippen LogP contribution in [0.25, 0.3) is 0 Å². The summed E-state index contributed by atoms with van der Waals surface area (Å²) in [5, 5.41) is 14.0. The molecule has 1 aliphatic heterocycles. The van der Waals surface area contributed by atoms with Crippen LogP contribution in [0.4, 0.5) is 11.4 Å². The number of amides is 1. The maximum Gasteiger partial charge on any atom is 0.311 e. The normalized spacial score (nSPS) is 17.1. The van der Waals surface area contributed by atoms with Crippen LogP contribution < -0.4 is 10.1 Å². The lowest BCUT2D eigenvalue weighted by molar-refractivity contribution is -0.385. The number of nitro groups is 1. The van der Waals surface area contributed by atoms with Crippen LogP contribution in [0.2, 0.25) is 0 Å². The Bertz CT molecular complexity index is 861. The summed E-state index contributed by atoms with van der Waals surface area (Å²) in [5.74, 6) is -0.0149. The number of anilines is 1. The highest BCUT2D eigenvalue weighted by Crippen LogP contribution is 2.34. The van der Waals surface area contributed by atoms with E-state index in [-0.39, 0.29) is 29.9 Å². The van der Waals surface area contributed by atoms with Gasteiger partial charge in [-0.2, -0.15) is 0 Å². The van der Waals surface area contributed by atoms with E-state index in [0.29, 0.717) is 11.3 Å². The summed E-state index contributed by atoms with van der Waals surface area (Å²) in [4.78, 5) is 25.4. The minimum Gasteiger partial charge on any atom is -0.490 e. The summed E-state index contributed by atoms with van der Waals surface area (Å²) >= 11 is 0. The van der Waals surface area contributed by atoms with Crippen LogP contribution in [0, 0.1) is 17.0 Å². The van der Waals surface area contributed by atoms with Crippen molar-refractivity contribution in [2.75, 3.05) is 25.5 Å². The van der Waals surface area contributed by atoms with E-state index in [1.54, 1.807) is 6.92 Å². The first-order chi connectivity index (χ1) is 12.9. The van der Waals surface area contributed by atoms with Crippen molar-refractivity contribution in [3.05, 3.63) is 51.8 Å². The number of aryl methyl sites for hydroxylation is 2. The molecule has 0 unspecified atom stereocenters. The number of likely N-dealkylation sites (tertiary alicyclic amines) is 1. The zero-order valence-corrected chi connectivity index (χ0v) is 15.8. The second-order valence-electron chi connectivity index (χ2n) is 6.82. The summed E-state index contributed by atoms with van der Waals surface area (Å²) < 4.78 is 7.18. The molecule has 1 atom stereocenters. The maximum atomic E-state index is 12.6. The minimum atomic E-state index is -0.494. The number of rotatable bonds is 6. The third kappa shape index (κ3) is 3.95. The Hall–Kier alpha value is -2.87. The summed E-state index contributed by atoms with van der Waals surface area (Å²) in [6.45, 7) is 2.87. The molecule has 1 fully saturated rings. The van der Waals surface area contributed by atoms with Gasteiger partial charge in [-0.1, -0.05) is 0 Å². The van der Waals surface area contributed by atoms with Gasteiger partial charge < -0.3 is 14.6 Å². The molecule has 2 heterocycles. The van der Waals surface area contributed by atoms with Gasteiger partial charge in [0.15, 0.2) is 5.75 Å². The number of nitro benzene ring substituents is 1. The molecule has 0 saturated carbocycles. The highest BCUT2D eigenvalue weighted by molar-refractivity contribution is 5.93. The van der Waals surface area contributed by atoms with Crippen LogP contribution in [0.3, 0.4) is 0 Å². The highest BCUT2D eigenvalue weighted by atomic mass is 16.6. The van der Waals surface area contributed by atoms with Crippen molar-refractivity contribution in [3.8, 4) is 5.75 Å². The molecule has 0 spiro atoms. The number of nitrogens with one attached hydrogen (secondary N) is 1. The van der Waals surface area contributed by atoms with Gasteiger partial charge in [0.25, 0.3) is 0 Å². The first-order valence-electron chi connectivity index (χ1n) is 8.89. The van der Waals surface area contributed by atoms with Gasteiger partial charge in [-0.15, -0.1) is 0 Å². The average molecular weight is 372 g/mol. The van der Waals surface area contributed by atoms with E-state index in [4.69, 9.17) is 4.74 Å². The molecule has 3 rings (SSSR count). The molecule has 1 N–H and O–H groups in total. The van der Waals surface area contributed by atoms with Crippen molar-refractivity contribution < 1.29 is 14.5 Å². The lowest BCUT2D eigenvalue weighted by Crippen LogP contribution is -2.33. The van der Waals surface area contributed by atoms with Crippen LogP contribution >= 0.6 is 0 Å². The minimum absolute atomic E-state index is 0.115. The molecule has 0 bridgehead atoms. The highest BCUT2D eigenvalue weighted by Gasteiger charge is 2.29. The zero-order valence-electron chi connectivity index (χ0n) is 15.8. The van der Waals surface area contributed by atoms with Gasteiger partial charge in [-0.3, -0.25) is 19.8 Å². The first-order valence-corrected chi connectivity index (χ1v) is 8.89. The largest absolute Gasteiger partial charge is 0.490 e. The molecule has 0 aliphatic carbocycles. The lowest BCUT2D eigenvalue weighted by Gasteiger charge is -2.24. The number of carbonyl (C=O) groups is 1. The first kappa shape index (κ1) is 18.9. The van der Waals surface area contributed by atoms with Crippen LogP contribution in [0.15, 0.2) is 30.5 Å². The molecule has 1 saturated heterocycles. The zero-order chi connectivity index (χ0) is 19.6. The SMILES string of the molecule is COc1cc(NC(=O)CN2CCC[C@H]2c2cccn2C)c(C)cc1[N+](=O)[O-]. The second kappa shape index (κ2) is 7.79. The fourth-order valence-electron chi connectivity index (χ4n) is 3.66. The van der Waals surface area contributed by atoms with Crippen LogP contribution in [-0.4, -0.2) is 40.5 Å². The second-order valence-corrected chi connectivity index (χ2v) is 6.82. The van der Waals surface area contributed by atoms with Crippen molar-refractivity contribution in [2.45, 2.75) is 25.8 Å². The summed E-state index contributed by atoms with van der Waals surface area (Å²) in [6.07, 6.45) is 4.08. The van der Waals surface area contributed by atoms with Crippen LogP contribution in [0.5, 0.6) is 5.75 Å². The molecule has 2 aromatic rings. The van der Waals surface area contributed by atoms with Crippen LogP contribution in [0.1, 0.15) is 30.1 Å². The smallest absolute Gasteiger partial charge is 0.311 e. The Morgan fingerprint density at radius 2 is 2.22 bits per heavy atom. The number of nitrogens with zero attached hydrogens (tertiary/aromatic N) is 3. The predicted molar refractivity (Wildman–Crippen MR) is 102 cm³/mol. The molecule has 1 aromatic heterocycles. The Morgan fingerprint density at radius 3 is 2.85 bits per heavy atom. The molecule has 144 valence electrons. The summed E-state index contributed by atoms with van der Waals surface area (Å²) in [7, 11) is 3.39. The van der Waals surface area contributed by atoms with Gasteiger partial charge in [0.05, 0.1) is 24.6 Å². The molecule has 0 radical (unpaired) electrons. The number of methoxy groups -OCH3 is 1. The van der Waals surface area contributed by atoms with Crippen molar-refractivity contribution in [1.82, 2.24) is 9.47 Å². The maximum absolute atomic E-state index is 12.6. The van der Waals surface area contributed by atoms with Gasteiger partial charge in [0.2, 0.25) is 5.91 Å². The number of carbonyl (C=O) groups excluding carboxylic acids is 1. The number of ether oxygens (including phenoxy) is 1. The molecule has 8 heteroatoms. The predicted octanol–water partition coefficient (Wildman–Crippen LogP) is 3.03. The summed E-state index contributed by atoms with van der Waals surface area (Å²) in [5.41, 5.74) is 2.23. The molecule has 1 aliphatic rings. The van der Waals surface area contributed by atoms with E-state index in [1.807, 2.05) is 19.3 Å². The van der Waals surface area contributed by atoms with E-state index in [9.17, 15) is 14.9 Å². The van der Waals surface area contributed by atoms with Crippen LogP contribution in [-0.2, 0) is 11.8 Å². The van der Waals surface area contributed by atoms with E-state index in [0.717, 1.165) is 19.4 Å². The van der Waals surface area contributed by atoms with Crippen molar-refractivity contribution >= 4 is 17.3 Å². The van der Waals surface area contributed by atoms with E-state index >= 15 is 0 Å².